The maximum Gasteiger partial charge on any atom is 0.242 e. The Balaban J connectivity index is 2.91. The molecule has 0 aromatic heterocycles. The van der Waals surface area contributed by atoms with Crippen molar-refractivity contribution in [3.8, 4) is 0 Å². The molecule has 0 heterocycles. The number of carbonyl (C=O) groups excluding carboxylic acids is 1. The zero-order valence-corrected chi connectivity index (χ0v) is 12.9. The lowest BCUT2D eigenvalue weighted by Gasteiger charge is -2.24. The molecule has 20 heavy (non-hydrogen) atoms. The van der Waals surface area contributed by atoms with Gasteiger partial charge in [-0.25, -0.2) is 4.39 Å². The van der Waals surface area contributed by atoms with Crippen LogP contribution in [0.1, 0.15) is 33.3 Å². The van der Waals surface area contributed by atoms with E-state index < -0.39 is 11.9 Å². The van der Waals surface area contributed by atoms with Crippen LogP contribution >= 0.6 is 12.2 Å². The summed E-state index contributed by atoms with van der Waals surface area (Å²) in [5.74, 6) is -0.693. The third kappa shape index (κ3) is 4.45. The summed E-state index contributed by atoms with van der Waals surface area (Å²) in [6.45, 7) is 7.36. The largest absolute Gasteiger partial charge is 0.389 e. The van der Waals surface area contributed by atoms with E-state index in [4.69, 9.17) is 18.0 Å². The van der Waals surface area contributed by atoms with Crippen molar-refractivity contribution in [2.24, 2.45) is 5.73 Å². The number of hydrogen-bond donors (Lipinski definition) is 3. The summed E-state index contributed by atoms with van der Waals surface area (Å²) in [4.78, 5) is 12.0. The van der Waals surface area contributed by atoms with Crippen molar-refractivity contribution in [1.29, 1.82) is 0 Å². The molecule has 0 bridgehead atoms. The quantitative estimate of drug-likeness (QED) is 0.745. The van der Waals surface area contributed by atoms with E-state index in [1.54, 1.807) is 13.0 Å². The number of benzene rings is 1. The molecule has 1 amide bonds. The number of nitrogens with one attached hydrogen (secondary N) is 2. The zero-order chi connectivity index (χ0) is 15.5. The normalized spacial score (nSPS) is 12.7. The summed E-state index contributed by atoms with van der Waals surface area (Å²) in [6.07, 6.45) is 0. The van der Waals surface area contributed by atoms with Gasteiger partial charge in [0.1, 0.15) is 16.8 Å². The SMILES string of the molecule is CC(Nc1cccc(F)c1C(N)=S)C(=O)NC(C)(C)C. The average Bonchev–Trinajstić information content (AvgIpc) is 2.25. The predicted octanol–water partition coefficient (Wildman–Crippen LogP) is 2.17. The van der Waals surface area contributed by atoms with Crippen LogP contribution in [-0.2, 0) is 4.79 Å². The number of halogens is 1. The number of anilines is 1. The molecule has 0 aliphatic carbocycles. The summed E-state index contributed by atoms with van der Waals surface area (Å²) in [5.41, 5.74) is 5.72. The Morgan fingerprint density at radius 3 is 2.50 bits per heavy atom. The lowest BCUT2D eigenvalue weighted by Crippen LogP contribution is -2.47. The number of carbonyl (C=O) groups is 1. The topological polar surface area (TPSA) is 67.1 Å². The highest BCUT2D eigenvalue weighted by atomic mass is 32.1. The average molecular weight is 297 g/mol. The van der Waals surface area contributed by atoms with Gasteiger partial charge in [-0.2, -0.15) is 0 Å². The van der Waals surface area contributed by atoms with Crippen molar-refractivity contribution >= 4 is 28.8 Å². The zero-order valence-electron chi connectivity index (χ0n) is 12.1. The van der Waals surface area contributed by atoms with Gasteiger partial charge in [0, 0.05) is 11.2 Å². The molecule has 1 atom stereocenters. The molecule has 1 aromatic rings. The third-order valence-electron chi connectivity index (χ3n) is 2.52. The maximum absolute atomic E-state index is 13.7. The van der Waals surface area contributed by atoms with Crippen LogP contribution in [0.4, 0.5) is 10.1 Å². The first-order chi connectivity index (χ1) is 9.11. The summed E-state index contributed by atoms with van der Waals surface area (Å²) in [5, 5.41) is 5.78. The fourth-order valence-corrected chi connectivity index (χ4v) is 1.88. The van der Waals surface area contributed by atoms with Gasteiger partial charge in [-0.05, 0) is 39.8 Å². The number of thiocarbonyl (C=S) groups is 1. The molecule has 1 aromatic carbocycles. The first-order valence-electron chi connectivity index (χ1n) is 6.28. The Morgan fingerprint density at radius 2 is 2.00 bits per heavy atom. The molecule has 0 spiro atoms. The highest BCUT2D eigenvalue weighted by molar-refractivity contribution is 7.80. The van der Waals surface area contributed by atoms with Gasteiger partial charge in [-0.1, -0.05) is 18.3 Å². The Hall–Kier alpha value is -1.69. The van der Waals surface area contributed by atoms with E-state index >= 15 is 0 Å². The molecule has 1 rings (SSSR count). The van der Waals surface area contributed by atoms with Crippen LogP contribution in [-0.4, -0.2) is 22.5 Å². The Labute approximate surface area is 123 Å². The molecule has 0 fully saturated rings. The van der Waals surface area contributed by atoms with Gasteiger partial charge in [-0.3, -0.25) is 4.79 Å². The second-order valence-electron chi connectivity index (χ2n) is 5.63. The van der Waals surface area contributed by atoms with E-state index in [1.165, 1.54) is 12.1 Å². The highest BCUT2D eigenvalue weighted by Crippen LogP contribution is 2.19. The third-order valence-corrected chi connectivity index (χ3v) is 2.73. The molecule has 110 valence electrons. The van der Waals surface area contributed by atoms with E-state index in [-0.39, 0.29) is 22.0 Å². The number of hydrogen-bond acceptors (Lipinski definition) is 3. The highest BCUT2D eigenvalue weighted by Gasteiger charge is 2.21. The Kier molecular flexibility index (Phi) is 5.05. The van der Waals surface area contributed by atoms with E-state index in [2.05, 4.69) is 10.6 Å². The molecule has 4 nitrogen and oxygen atoms in total. The molecule has 0 aliphatic heterocycles. The van der Waals surface area contributed by atoms with Crippen LogP contribution in [0, 0.1) is 5.82 Å². The summed E-state index contributed by atoms with van der Waals surface area (Å²) in [6, 6.07) is 3.91. The number of amides is 1. The maximum atomic E-state index is 13.7. The van der Waals surface area contributed by atoms with Crippen molar-refractivity contribution < 1.29 is 9.18 Å². The van der Waals surface area contributed by atoms with Gasteiger partial charge in [0.15, 0.2) is 0 Å². The first-order valence-corrected chi connectivity index (χ1v) is 6.69. The van der Waals surface area contributed by atoms with Crippen molar-refractivity contribution in [3.63, 3.8) is 0 Å². The first kappa shape index (κ1) is 16.4. The number of rotatable bonds is 4. The van der Waals surface area contributed by atoms with E-state index in [9.17, 15) is 9.18 Å². The molecule has 0 radical (unpaired) electrons. The minimum absolute atomic E-state index is 0.0472. The molecular formula is C14H20FN3OS. The van der Waals surface area contributed by atoms with E-state index in [0.717, 1.165) is 0 Å². The standard InChI is InChI=1S/C14H20FN3OS/c1-8(13(19)18-14(2,3)4)17-10-7-5-6-9(15)11(10)12(16)20/h5-8,17H,1-4H3,(H2,16,20)(H,18,19). The summed E-state index contributed by atoms with van der Waals surface area (Å²) in [7, 11) is 0. The second kappa shape index (κ2) is 6.17. The number of nitrogens with two attached hydrogens (primary N) is 1. The van der Waals surface area contributed by atoms with Gasteiger partial charge in [0.25, 0.3) is 0 Å². The van der Waals surface area contributed by atoms with Crippen LogP contribution in [0.25, 0.3) is 0 Å². The lowest BCUT2D eigenvalue weighted by molar-refractivity contribution is -0.122. The van der Waals surface area contributed by atoms with Gasteiger partial charge in [0.2, 0.25) is 5.91 Å². The minimum atomic E-state index is -0.538. The molecule has 0 saturated heterocycles. The van der Waals surface area contributed by atoms with Gasteiger partial charge in [0.05, 0.1) is 5.56 Å². The van der Waals surface area contributed by atoms with Crippen LogP contribution in [0.3, 0.4) is 0 Å². The molecule has 0 aliphatic rings. The molecule has 1 unspecified atom stereocenters. The molecule has 0 saturated carbocycles. The second-order valence-corrected chi connectivity index (χ2v) is 6.07. The fraction of sp³-hybridized carbons (Fsp3) is 0.429. The van der Waals surface area contributed by atoms with Crippen molar-refractivity contribution in [1.82, 2.24) is 5.32 Å². The smallest absolute Gasteiger partial charge is 0.242 e. The lowest BCUT2D eigenvalue weighted by atomic mass is 10.1. The van der Waals surface area contributed by atoms with Crippen LogP contribution in [0.5, 0.6) is 0 Å². The monoisotopic (exact) mass is 297 g/mol. The minimum Gasteiger partial charge on any atom is -0.389 e. The molecule has 4 N–H and O–H groups in total. The fourth-order valence-electron chi connectivity index (χ4n) is 1.67. The van der Waals surface area contributed by atoms with Gasteiger partial charge >= 0.3 is 0 Å². The Morgan fingerprint density at radius 1 is 1.40 bits per heavy atom. The van der Waals surface area contributed by atoms with Crippen LogP contribution in [0.2, 0.25) is 0 Å². The van der Waals surface area contributed by atoms with Crippen LogP contribution < -0.4 is 16.4 Å². The molecular weight excluding hydrogens is 277 g/mol. The summed E-state index contributed by atoms with van der Waals surface area (Å²) >= 11 is 4.84. The van der Waals surface area contributed by atoms with Gasteiger partial charge < -0.3 is 16.4 Å². The Bertz CT molecular complexity index is 526. The van der Waals surface area contributed by atoms with Crippen molar-refractivity contribution in [3.05, 3.63) is 29.6 Å². The van der Waals surface area contributed by atoms with Crippen LogP contribution in [0.15, 0.2) is 18.2 Å². The van der Waals surface area contributed by atoms with Gasteiger partial charge in [-0.15, -0.1) is 0 Å². The predicted molar refractivity (Wildman–Crippen MR) is 83.3 cm³/mol. The van der Waals surface area contributed by atoms with Crippen molar-refractivity contribution in [2.45, 2.75) is 39.3 Å². The van der Waals surface area contributed by atoms with E-state index in [1.807, 2.05) is 20.8 Å². The van der Waals surface area contributed by atoms with Crippen molar-refractivity contribution in [2.75, 3.05) is 5.32 Å². The van der Waals surface area contributed by atoms with E-state index in [0.29, 0.717) is 5.69 Å². The summed E-state index contributed by atoms with van der Waals surface area (Å²) < 4.78 is 13.7. The molecule has 6 heteroatoms.